The summed E-state index contributed by atoms with van der Waals surface area (Å²) in [5, 5.41) is 0. The van der Waals surface area contributed by atoms with E-state index in [-0.39, 0.29) is 0 Å². The highest BCUT2D eigenvalue weighted by Crippen LogP contribution is 2.03. The molecule has 0 aromatic carbocycles. The first-order valence-electron chi connectivity index (χ1n) is 3.27. The lowest BCUT2D eigenvalue weighted by Gasteiger charge is -1.92. The van der Waals surface area contributed by atoms with Crippen LogP contribution in [0.3, 0.4) is 0 Å². The van der Waals surface area contributed by atoms with E-state index in [0.717, 1.165) is 12.8 Å². The summed E-state index contributed by atoms with van der Waals surface area (Å²) in [6.45, 7) is 9.44. The van der Waals surface area contributed by atoms with E-state index < -0.39 is 0 Å². The predicted molar refractivity (Wildman–Crippen MR) is 43.4 cm³/mol. The van der Waals surface area contributed by atoms with Crippen LogP contribution in [0, 0.1) is 0 Å². The second-order valence-corrected chi connectivity index (χ2v) is 1.88. The Kier molecular flexibility index (Phi) is 4.89. The van der Waals surface area contributed by atoms with Gasteiger partial charge in [-0.05, 0) is 18.4 Å². The minimum absolute atomic E-state index is 0.942. The van der Waals surface area contributed by atoms with Crippen LogP contribution in [0.5, 0.6) is 0 Å². The summed E-state index contributed by atoms with van der Waals surface area (Å²) < 4.78 is 0. The molecule has 9 heavy (non-hydrogen) atoms. The maximum absolute atomic E-state index is 3.68. The summed E-state index contributed by atoms with van der Waals surface area (Å²) in [7, 11) is 0. The standard InChI is InChI=1S/C9H14/c1-4-7-9(6-3)8-5-2/h4,6,8H,1,3,5,7H2,2H3/b9-8+. The zero-order valence-corrected chi connectivity index (χ0v) is 6.06. The average Bonchev–Trinajstić information content (AvgIpc) is 1.88. The van der Waals surface area contributed by atoms with Gasteiger partial charge in [-0.15, -0.1) is 6.58 Å². The predicted octanol–water partition coefficient (Wildman–Crippen LogP) is 3.08. The largest absolute Gasteiger partial charge is 0.103 e. The van der Waals surface area contributed by atoms with Crippen LogP contribution in [0.1, 0.15) is 19.8 Å². The molecule has 0 unspecified atom stereocenters. The third-order valence-corrected chi connectivity index (χ3v) is 1.11. The van der Waals surface area contributed by atoms with Crippen LogP contribution in [0.4, 0.5) is 0 Å². The summed E-state index contributed by atoms with van der Waals surface area (Å²) in [5.41, 5.74) is 1.27. The van der Waals surface area contributed by atoms with Crippen molar-refractivity contribution in [2.45, 2.75) is 19.8 Å². The summed E-state index contributed by atoms with van der Waals surface area (Å²) in [6, 6.07) is 0. The van der Waals surface area contributed by atoms with Gasteiger partial charge in [0.05, 0.1) is 0 Å². The zero-order valence-electron chi connectivity index (χ0n) is 6.06. The van der Waals surface area contributed by atoms with Crippen molar-refractivity contribution in [2.75, 3.05) is 0 Å². The molecule has 0 aliphatic heterocycles. The lowest BCUT2D eigenvalue weighted by molar-refractivity contribution is 1.16. The Bertz CT molecular complexity index is 118. The van der Waals surface area contributed by atoms with E-state index in [4.69, 9.17) is 0 Å². The van der Waals surface area contributed by atoms with Crippen molar-refractivity contribution in [3.63, 3.8) is 0 Å². The van der Waals surface area contributed by atoms with E-state index in [0.29, 0.717) is 0 Å². The molecule has 0 heterocycles. The quantitative estimate of drug-likeness (QED) is 0.397. The van der Waals surface area contributed by atoms with Crippen LogP contribution in [0.25, 0.3) is 0 Å². The van der Waals surface area contributed by atoms with Gasteiger partial charge in [-0.2, -0.15) is 0 Å². The Morgan fingerprint density at radius 3 is 2.44 bits per heavy atom. The van der Waals surface area contributed by atoms with Gasteiger partial charge in [0, 0.05) is 0 Å². The maximum atomic E-state index is 3.68. The zero-order chi connectivity index (χ0) is 7.11. The Hall–Kier alpha value is -0.780. The molecular formula is C9H14. The first-order chi connectivity index (χ1) is 4.35. The maximum Gasteiger partial charge on any atom is -0.0104 e. The van der Waals surface area contributed by atoms with Gasteiger partial charge in [0.2, 0.25) is 0 Å². The van der Waals surface area contributed by atoms with Crippen LogP contribution in [0.2, 0.25) is 0 Å². The lowest BCUT2D eigenvalue weighted by atomic mass is 10.1. The molecule has 0 aliphatic carbocycles. The molecule has 0 nitrogen and oxygen atoms in total. The minimum atomic E-state index is 0.942. The first-order valence-corrected chi connectivity index (χ1v) is 3.27. The molecule has 0 spiro atoms. The molecule has 0 atom stereocenters. The Labute approximate surface area is 57.6 Å². The molecule has 0 fully saturated rings. The molecule has 0 heteroatoms. The van der Waals surface area contributed by atoms with Crippen molar-refractivity contribution in [1.29, 1.82) is 0 Å². The van der Waals surface area contributed by atoms with Crippen molar-refractivity contribution < 1.29 is 0 Å². The number of allylic oxidation sites excluding steroid dienone is 4. The van der Waals surface area contributed by atoms with E-state index in [9.17, 15) is 0 Å². The third kappa shape index (κ3) is 3.77. The second-order valence-electron chi connectivity index (χ2n) is 1.88. The molecule has 0 saturated carbocycles. The molecule has 0 aliphatic rings. The van der Waals surface area contributed by atoms with Crippen molar-refractivity contribution in [2.24, 2.45) is 0 Å². The first kappa shape index (κ1) is 8.22. The average molecular weight is 122 g/mol. The molecule has 0 rings (SSSR count). The van der Waals surface area contributed by atoms with E-state index in [1.165, 1.54) is 5.57 Å². The van der Waals surface area contributed by atoms with Gasteiger partial charge in [0.1, 0.15) is 0 Å². The summed E-state index contributed by atoms with van der Waals surface area (Å²) in [6.07, 6.45) is 7.95. The molecule has 0 N–H and O–H groups in total. The van der Waals surface area contributed by atoms with Crippen molar-refractivity contribution in [1.82, 2.24) is 0 Å². The van der Waals surface area contributed by atoms with Gasteiger partial charge >= 0.3 is 0 Å². The van der Waals surface area contributed by atoms with E-state index >= 15 is 0 Å². The molecule has 50 valence electrons. The fraction of sp³-hybridized carbons (Fsp3) is 0.333. The number of hydrogen-bond acceptors (Lipinski definition) is 0. The normalized spacial score (nSPS) is 11.0. The highest BCUT2D eigenvalue weighted by molar-refractivity contribution is 5.18. The molecule has 0 aromatic heterocycles. The molecule has 0 aromatic rings. The molecule has 0 saturated heterocycles. The van der Waals surface area contributed by atoms with Crippen LogP contribution in [0.15, 0.2) is 37.0 Å². The van der Waals surface area contributed by atoms with Crippen LogP contribution < -0.4 is 0 Å². The highest BCUT2D eigenvalue weighted by Gasteiger charge is 1.82. The van der Waals surface area contributed by atoms with Crippen molar-refractivity contribution >= 4 is 0 Å². The van der Waals surface area contributed by atoms with Gasteiger partial charge in [0.15, 0.2) is 0 Å². The topological polar surface area (TPSA) is 0 Å². The monoisotopic (exact) mass is 122 g/mol. The number of hydrogen-bond donors (Lipinski definition) is 0. The van der Waals surface area contributed by atoms with Crippen LogP contribution >= 0.6 is 0 Å². The Balaban J connectivity index is 3.80. The summed E-state index contributed by atoms with van der Waals surface area (Å²) in [5.74, 6) is 0. The smallest absolute Gasteiger partial charge is 0.0104 e. The summed E-state index contributed by atoms with van der Waals surface area (Å²) in [4.78, 5) is 0. The third-order valence-electron chi connectivity index (χ3n) is 1.11. The second kappa shape index (κ2) is 5.36. The molecule has 0 radical (unpaired) electrons. The van der Waals surface area contributed by atoms with Crippen molar-refractivity contribution in [3.8, 4) is 0 Å². The lowest BCUT2D eigenvalue weighted by Crippen LogP contribution is -1.72. The van der Waals surface area contributed by atoms with Crippen molar-refractivity contribution in [3.05, 3.63) is 37.0 Å². The van der Waals surface area contributed by atoms with Crippen LogP contribution in [-0.4, -0.2) is 0 Å². The highest BCUT2D eigenvalue weighted by atomic mass is 13.9. The van der Waals surface area contributed by atoms with E-state index in [1.807, 2.05) is 12.2 Å². The van der Waals surface area contributed by atoms with Gasteiger partial charge in [-0.3, -0.25) is 0 Å². The molecular weight excluding hydrogens is 108 g/mol. The minimum Gasteiger partial charge on any atom is -0.103 e. The molecule has 0 amide bonds. The van der Waals surface area contributed by atoms with E-state index in [2.05, 4.69) is 26.2 Å². The number of rotatable bonds is 4. The van der Waals surface area contributed by atoms with Gasteiger partial charge in [-0.1, -0.05) is 31.7 Å². The Morgan fingerprint density at radius 1 is 1.44 bits per heavy atom. The Morgan fingerprint density at radius 2 is 2.11 bits per heavy atom. The SMILES string of the molecule is C=CC/C(C=C)=C/CC. The van der Waals surface area contributed by atoms with E-state index in [1.54, 1.807) is 0 Å². The summed E-state index contributed by atoms with van der Waals surface area (Å²) >= 11 is 0. The molecule has 0 bridgehead atoms. The van der Waals surface area contributed by atoms with Gasteiger partial charge < -0.3 is 0 Å². The fourth-order valence-electron chi connectivity index (χ4n) is 0.679. The fourth-order valence-corrected chi connectivity index (χ4v) is 0.679. The van der Waals surface area contributed by atoms with Gasteiger partial charge in [-0.25, -0.2) is 0 Å². The van der Waals surface area contributed by atoms with Gasteiger partial charge in [0.25, 0.3) is 0 Å². The van der Waals surface area contributed by atoms with Crippen LogP contribution in [-0.2, 0) is 0 Å².